The van der Waals surface area contributed by atoms with E-state index >= 15 is 0 Å². The number of hydrogen-bond donors (Lipinski definition) is 0. The molecule has 1 aromatic heterocycles. The summed E-state index contributed by atoms with van der Waals surface area (Å²) in [7, 11) is 0. The van der Waals surface area contributed by atoms with Crippen LogP contribution in [-0.4, -0.2) is 22.6 Å². The minimum atomic E-state index is 0.731. The fourth-order valence-corrected chi connectivity index (χ4v) is 5.04. The predicted molar refractivity (Wildman–Crippen MR) is 82.0 cm³/mol. The van der Waals surface area contributed by atoms with E-state index in [0.717, 1.165) is 12.0 Å². The second-order valence-corrected chi connectivity index (χ2v) is 6.96. The number of hydrogen-bond acceptors (Lipinski definition) is 1. The molecule has 104 valence electrons. The maximum absolute atomic E-state index is 2.78. The molecule has 0 amide bonds. The van der Waals surface area contributed by atoms with E-state index in [-0.39, 0.29) is 0 Å². The molecule has 2 heteroatoms. The highest BCUT2D eigenvalue weighted by Crippen LogP contribution is 2.48. The van der Waals surface area contributed by atoms with Crippen molar-refractivity contribution in [1.29, 1.82) is 0 Å². The molecule has 2 aromatic rings. The van der Waals surface area contributed by atoms with E-state index in [1.165, 1.54) is 61.8 Å². The molecule has 0 aliphatic carbocycles. The summed E-state index contributed by atoms with van der Waals surface area (Å²) in [5.41, 5.74) is 6.26. The monoisotopic (exact) mass is 266 g/mol. The Morgan fingerprint density at radius 3 is 3.00 bits per heavy atom. The first kappa shape index (κ1) is 11.4. The number of nitrogens with zero attached hydrogens (tertiary/aromatic N) is 2. The van der Waals surface area contributed by atoms with E-state index in [9.17, 15) is 0 Å². The van der Waals surface area contributed by atoms with Gasteiger partial charge in [0, 0.05) is 29.7 Å². The van der Waals surface area contributed by atoms with E-state index in [1.54, 1.807) is 11.3 Å². The summed E-state index contributed by atoms with van der Waals surface area (Å²) in [5.74, 6) is 0.917. The lowest BCUT2D eigenvalue weighted by molar-refractivity contribution is 0.0577. The van der Waals surface area contributed by atoms with Crippen LogP contribution in [0.3, 0.4) is 0 Å². The van der Waals surface area contributed by atoms with Crippen LogP contribution in [0.5, 0.6) is 0 Å². The van der Waals surface area contributed by atoms with Crippen molar-refractivity contribution >= 4 is 10.9 Å². The number of rotatable bonds is 0. The van der Waals surface area contributed by atoms with Gasteiger partial charge in [-0.25, -0.2) is 0 Å². The van der Waals surface area contributed by atoms with E-state index in [0.29, 0.717) is 0 Å². The van der Waals surface area contributed by atoms with Crippen molar-refractivity contribution in [2.75, 3.05) is 13.1 Å². The molecule has 1 aromatic carbocycles. The Kier molecular flexibility index (Phi) is 2.21. The van der Waals surface area contributed by atoms with Crippen LogP contribution < -0.4 is 0 Å². The number of aromatic nitrogens is 1. The van der Waals surface area contributed by atoms with E-state index in [1.807, 2.05) is 0 Å². The van der Waals surface area contributed by atoms with Crippen LogP contribution in [0, 0.1) is 12.8 Å². The van der Waals surface area contributed by atoms with Gasteiger partial charge < -0.3 is 4.57 Å². The second-order valence-electron chi connectivity index (χ2n) is 6.96. The van der Waals surface area contributed by atoms with Crippen LogP contribution >= 0.6 is 0 Å². The summed E-state index contributed by atoms with van der Waals surface area (Å²) >= 11 is 0. The average molecular weight is 266 g/mol. The smallest absolute Gasteiger partial charge is 0.0532 e. The molecule has 0 unspecified atom stereocenters. The Balaban J connectivity index is 1.82. The predicted octanol–water partition coefficient (Wildman–Crippen LogP) is 3.66. The van der Waals surface area contributed by atoms with Crippen LogP contribution in [0.1, 0.15) is 42.1 Å². The summed E-state index contributed by atoms with van der Waals surface area (Å²) in [6, 6.07) is 7.80. The van der Waals surface area contributed by atoms with Gasteiger partial charge in [-0.3, -0.25) is 4.90 Å². The Bertz CT molecular complexity index is 691. The van der Waals surface area contributed by atoms with Gasteiger partial charge in [-0.15, -0.1) is 0 Å². The molecule has 3 aliphatic heterocycles. The normalized spacial score (nSPS) is 28.6. The van der Waals surface area contributed by atoms with Crippen LogP contribution in [0.4, 0.5) is 0 Å². The van der Waals surface area contributed by atoms with Gasteiger partial charge in [0.15, 0.2) is 0 Å². The van der Waals surface area contributed by atoms with Gasteiger partial charge >= 0.3 is 0 Å². The van der Waals surface area contributed by atoms with E-state index < -0.39 is 0 Å². The fourth-order valence-electron chi connectivity index (χ4n) is 5.04. The zero-order valence-electron chi connectivity index (χ0n) is 12.2. The Hall–Kier alpha value is -1.28. The van der Waals surface area contributed by atoms with Crippen LogP contribution in [0.15, 0.2) is 18.2 Å². The van der Waals surface area contributed by atoms with Crippen molar-refractivity contribution in [2.45, 2.75) is 45.2 Å². The first-order valence-corrected chi connectivity index (χ1v) is 8.18. The molecule has 2 nitrogen and oxygen atoms in total. The van der Waals surface area contributed by atoms with Gasteiger partial charge in [0.1, 0.15) is 0 Å². The van der Waals surface area contributed by atoms with E-state index in [2.05, 4.69) is 34.6 Å². The topological polar surface area (TPSA) is 8.17 Å². The molecule has 2 atom stereocenters. The number of piperidine rings is 1. The average Bonchev–Trinajstić information content (AvgIpc) is 2.80. The molecule has 5 rings (SSSR count). The summed E-state index contributed by atoms with van der Waals surface area (Å²) in [5, 5.41) is 1.54. The molecular weight excluding hydrogens is 244 g/mol. The minimum absolute atomic E-state index is 0.731. The number of aryl methyl sites for hydroxylation is 2. The molecule has 1 fully saturated rings. The molecule has 3 aliphatic rings. The van der Waals surface area contributed by atoms with Crippen molar-refractivity contribution in [3.05, 3.63) is 35.0 Å². The van der Waals surface area contributed by atoms with E-state index in [4.69, 9.17) is 0 Å². The lowest BCUT2D eigenvalue weighted by Gasteiger charge is -2.47. The largest absolute Gasteiger partial charge is 0.343 e. The third-order valence-corrected chi connectivity index (χ3v) is 5.88. The quantitative estimate of drug-likeness (QED) is 0.706. The van der Waals surface area contributed by atoms with Gasteiger partial charge in [-0.05, 0) is 62.3 Å². The zero-order valence-corrected chi connectivity index (χ0v) is 12.2. The zero-order chi connectivity index (χ0) is 13.3. The lowest BCUT2D eigenvalue weighted by atomic mass is 9.79. The van der Waals surface area contributed by atoms with Gasteiger partial charge in [0.05, 0.1) is 6.04 Å². The summed E-state index contributed by atoms with van der Waals surface area (Å²) < 4.78 is 2.66. The second kappa shape index (κ2) is 3.88. The molecule has 0 radical (unpaired) electrons. The lowest BCUT2D eigenvalue weighted by Crippen LogP contribution is -2.46. The standard InChI is InChI=1S/C18H22N2/c1-12-4-5-14-15-7-9-19-8-2-3-13-6-10-20(16(14)11-12)18(15)17(13)19/h4-5,11,13,17H,2-3,6-10H2,1H3/t13-,17-/m1/s1. The molecule has 0 N–H and O–H groups in total. The Morgan fingerprint density at radius 1 is 1.10 bits per heavy atom. The molecule has 4 heterocycles. The maximum Gasteiger partial charge on any atom is 0.0532 e. The van der Waals surface area contributed by atoms with Crippen molar-refractivity contribution in [2.24, 2.45) is 5.92 Å². The Morgan fingerprint density at radius 2 is 2.05 bits per heavy atom. The highest BCUT2D eigenvalue weighted by Gasteiger charge is 2.41. The highest BCUT2D eigenvalue weighted by atomic mass is 15.2. The number of fused-ring (bicyclic) bond motifs is 3. The minimum Gasteiger partial charge on any atom is -0.343 e. The molecule has 0 spiro atoms. The SMILES string of the molecule is Cc1ccc2c3c4n(c2c1)CC[C@H]1CCCN(CC3)[C@@H]41. The maximum atomic E-state index is 2.78. The Labute approximate surface area is 120 Å². The highest BCUT2D eigenvalue weighted by molar-refractivity contribution is 5.87. The molecule has 1 saturated heterocycles. The van der Waals surface area contributed by atoms with Crippen molar-refractivity contribution < 1.29 is 0 Å². The third-order valence-electron chi connectivity index (χ3n) is 5.88. The number of benzene rings is 1. The van der Waals surface area contributed by atoms with Crippen molar-refractivity contribution in [1.82, 2.24) is 9.47 Å². The van der Waals surface area contributed by atoms with Crippen molar-refractivity contribution in [3.63, 3.8) is 0 Å². The van der Waals surface area contributed by atoms with Gasteiger partial charge in [-0.2, -0.15) is 0 Å². The summed E-state index contributed by atoms with van der Waals surface area (Å²) in [4.78, 5) is 2.78. The summed E-state index contributed by atoms with van der Waals surface area (Å²) in [6.07, 6.45) is 5.49. The third kappa shape index (κ3) is 1.33. The van der Waals surface area contributed by atoms with Crippen LogP contribution in [0.25, 0.3) is 10.9 Å². The molecule has 0 bridgehead atoms. The van der Waals surface area contributed by atoms with Crippen LogP contribution in [-0.2, 0) is 13.0 Å². The molecular formula is C18H22N2. The molecule has 0 saturated carbocycles. The first-order chi connectivity index (χ1) is 9.83. The van der Waals surface area contributed by atoms with Crippen molar-refractivity contribution in [3.8, 4) is 0 Å². The summed E-state index contributed by atoms with van der Waals surface area (Å²) in [6.45, 7) is 6.06. The molecule has 20 heavy (non-hydrogen) atoms. The fraction of sp³-hybridized carbons (Fsp3) is 0.556. The van der Waals surface area contributed by atoms with Gasteiger partial charge in [-0.1, -0.05) is 12.1 Å². The van der Waals surface area contributed by atoms with Gasteiger partial charge in [0.2, 0.25) is 0 Å². The first-order valence-electron chi connectivity index (χ1n) is 8.18. The van der Waals surface area contributed by atoms with Gasteiger partial charge in [0.25, 0.3) is 0 Å². The van der Waals surface area contributed by atoms with Crippen LogP contribution in [0.2, 0.25) is 0 Å².